The normalized spacial score (nSPS) is 10.7. The van der Waals surface area contributed by atoms with Gasteiger partial charge in [-0.05, 0) is 29.8 Å². The first kappa shape index (κ1) is 21.5. The van der Waals surface area contributed by atoms with Crippen LogP contribution in [0.4, 0.5) is 0 Å². The number of phenolic OH excluding ortho intramolecular Hbond substituents is 1. The number of esters is 1. The molecule has 0 aliphatic heterocycles. The van der Waals surface area contributed by atoms with Crippen LogP contribution in [0.1, 0.15) is 5.56 Å². The molecule has 1 N–H and O–H groups in total. The lowest BCUT2D eigenvalue weighted by Gasteiger charge is -2.14. The van der Waals surface area contributed by atoms with Crippen molar-refractivity contribution in [3.05, 3.63) is 84.4 Å². The van der Waals surface area contributed by atoms with Gasteiger partial charge in [-0.25, -0.2) is 0 Å². The zero-order chi connectivity index (χ0) is 22.3. The van der Waals surface area contributed by atoms with Gasteiger partial charge < -0.3 is 14.6 Å². The number of carbonyl (C=O) groups is 1. The fourth-order valence-corrected chi connectivity index (χ4v) is 3.87. The van der Waals surface area contributed by atoms with Crippen LogP contribution in [0.15, 0.2) is 84.0 Å². The number of phenols is 1. The maximum Gasteiger partial charge on any atom is 0.316 e. The van der Waals surface area contributed by atoms with Crippen LogP contribution in [-0.2, 0) is 16.1 Å². The number of carbonyl (C=O) groups excluding carboxylic acids is 1. The van der Waals surface area contributed by atoms with Gasteiger partial charge in [-0.15, -0.1) is 10.2 Å². The molecule has 0 saturated carbocycles. The number of ether oxygens (including phenoxy) is 2. The van der Waals surface area contributed by atoms with Gasteiger partial charge in [-0.3, -0.25) is 9.36 Å². The fourth-order valence-electron chi connectivity index (χ4n) is 3.13. The predicted molar refractivity (Wildman–Crippen MR) is 122 cm³/mol. The molecule has 0 atom stereocenters. The van der Waals surface area contributed by atoms with Crippen molar-refractivity contribution in [3.8, 4) is 28.6 Å². The number of para-hydroxylation sites is 2. The molecule has 7 nitrogen and oxygen atoms in total. The van der Waals surface area contributed by atoms with Gasteiger partial charge in [0.25, 0.3) is 0 Å². The average Bonchev–Trinajstić information content (AvgIpc) is 3.26. The van der Waals surface area contributed by atoms with Crippen molar-refractivity contribution >= 4 is 17.7 Å². The van der Waals surface area contributed by atoms with Crippen molar-refractivity contribution in [1.82, 2.24) is 14.8 Å². The van der Waals surface area contributed by atoms with Crippen molar-refractivity contribution < 1.29 is 19.4 Å². The minimum atomic E-state index is -0.354. The van der Waals surface area contributed by atoms with E-state index in [1.54, 1.807) is 25.3 Å². The molecule has 0 aliphatic rings. The molecular formula is C24H21N3O4S. The lowest BCUT2D eigenvalue weighted by atomic mass is 10.2. The Morgan fingerprint density at radius 3 is 2.56 bits per heavy atom. The van der Waals surface area contributed by atoms with E-state index < -0.39 is 0 Å². The summed E-state index contributed by atoms with van der Waals surface area (Å²) >= 11 is 1.22. The molecule has 1 aromatic heterocycles. The van der Waals surface area contributed by atoms with Gasteiger partial charge in [0.05, 0.1) is 18.6 Å². The zero-order valence-electron chi connectivity index (χ0n) is 17.3. The van der Waals surface area contributed by atoms with Crippen molar-refractivity contribution in [1.29, 1.82) is 0 Å². The van der Waals surface area contributed by atoms with Crippen LogP contribution in [0.3, 0.4) is 0 Å². The Labute approximate surface area is 189 Å². The van der Waals surface area contributed by atoms with E-state index in [0.29, 0.717) is 22.3 Å². The third-order valence-corrected chi connectivity index (χ3v) is 5.53. The van der Waals surface area contributed by atoms with Gasteiger partial charge in [-0.1, -0.05) is 66.4 Å². The highest BCUT2D eigenvalue weighted by atomic mass is 32.2. The van der Waals surface area contributed by atoms with E-state index in [2.05, 4.69) is 10.2 Å². The average molecular weight is 448 g/mol. The number of rotatable bonds is 8. The lowest BCUT2D eigenvalue weighted by Crippen LogP contribution is -2.09. The molecule has 1 heterocycles. The Balaban J connectivity index is 1.60. The molecule has 0 saturated heterocycles. The fraction of sp³-hybridized carbons (Fsp3) is 0.125. The summed E-state index contributed by atoms with van der Waals surface area (Å²) in [6, 6.07) is 23.8. The molecule has 0 aliphatic carbocycles. The molecule has 4 aromatic rings. The SMILES string of the molecule is COc1ccccc1-n1c(SCC(=O)OCc2ccccc2)nnc1-c1cccc(O)c1. The highest BCUT2D eigenvalue weighted by Crippen LogP contribution is 2.33. The van der Waals surface area contributed by atoms with E-state index in [1.165, 1.54) is 11.8 Å². The third kappa shape index (κ3) is 4.92. The van der Waals surface area contributed by atoms with E-state index in [4.69, 9.17) is 9.47 Å². The first-order chi connectivity index (χ1) is 15.7. The third-order valence-electron chi connectivity index (χ3n) is 4.63. The Kier molecular flexibility index (Phi) is 6.72. The first-order valence-electron chi connectivity index (χ1n) is 9.86. The molecule has 0 radical (unpaired) electrons. The summed E-state index contributed by atoms with van der Waals surface area (Å²) in [6.07, 6.45) is 0. The Bertz CT molecular complexity index is 1210. The molecule has 0 unspecified atom stereocenters. The van der Waals surface area contributed by atoms with Crippen LogP contribution in [0.2, 0.25) is 0 Å². The summed E-state index contributed by atoms with van der Waals surface area (Å²) in [6.45, 7) is 0.216. The second-order valence-corrected chi connectivity index (χ2v) is 7.74. The van der Waals surface area contributed by atoms with E-state index in [1.807, 2.05) is 65.2 Å². The van der Waals surface area contributed by atoms with Gasteiger partial charge in [0, 0.05) is 5.56 Å². The van der Waals surface area contributed by atoms with E-state index >= 15 is 0 Å². The number of hydrogen-bond acceptors (Lipinski definition) is 7. The second-order valence-electron chi connectivity index (χ2n) is 6.80. The van der Waals surface area contributed by atoms with Crippen LogP contribution in [0.5, 0.6) is 11.5 Å². The van der Waals surface area contributed by atoms with Gasteiger partial charge in [0.15, 0.2) is 11.0 Å². The van der Waals surface area contributed by atoms with Crippen LogP contribution < -0.4 is 4.74 Å². The topological polar surface area (TPSA) is 86.5 Å². The molecule has 0 spiro atoms. The summed E-state index contributed by atoms with van der Waals surface area (Å²) in [7, 11) is 1.59. The quantitative estimate of drug-likeness (QED) is 0.315. The largest absolute Gasteiger partial charge is 0.508 e. The first-order valence-corrected chi connectivity index (χ1v) is 10.8. The highest BCUT2D eigenvalue weighted by Gasteiger charge is 2.20. The minimum Gasteiger partial charge on any atom is -0.508 e. The molecule has 162 valence electrons. The summed E-state index contributed by atoms with van der Waals surface area (Å²) < 4.78 is 12.7. The molecule has 8 heteroatoms. The summed E-state index contributed by atoms with van der Waals surface area (Å²) in [5.41, 5.74) is 2.33. The van der Waals surface area contributed by atoms with Crippen LogP contribution in [-0.4, -0.2) is 38.7 Å². The van der Waals surface area contributed by atoms with Crippen molar-refractivity contribution in [2.75, 3.05) is 12.9 Å². The number of thioether (sulfide) groups is 1. The Hall–Kier alpha value is -3.78. The van der Waals surface area contributed by atoms with Crippen LogP contribution in [0.25, 0.3) is 17.1 Å². The summed E-state index contributed by atoms with van der Waals surface area (Å²) in [5, 5.41) is 19.0. The van der Waals surface area contributed by atoms with Gasteiger partial charge >= 0.3 is 5.97 Å². The summed E-state index contributed by atoms with van der Waals surface area (Å²) in [5.74, 6) is 0.982. The molecule has 32 heavy (non-hydrogen) atoms. The van der Waals surface area contributed by atoms with Gasteiger partial charge in [-0.2, -0.15) is 0 Å². The number of methoxy groups -OCH3 is 1. The molecular weight excluding hydrogens is 426 g/mol. The molecule has 0 bridgehead atoms. The Morgan fingerprint density at radius 2 is 1.78 bits per heavy atom. The predicted octanol–water partition coefficient (Wildman–Crippen LogP) is 4.48. The maximum atomic E-state index is 12.3. The van der Waals surface area contributed by atoms with E-state index in [9.17, 15) is 9.90 Å². The molecule has 0 fully saturated rings. The van der Waals surface area contributed by atoms with Crippen molar-refractivity contribution in [2.45, 2.75) is 11.8 Å². The molecule has 0 amide bonds. The number of aromatic nitrogens is 3. The number of hydrogen-bond donors (Lipinski definition) is 1. The van der Waals surface area contributed by atoms with Crippen molar-refractivity contribution in [2.24, 2.45) is 0 Å². The standard InChI is InChI=1S/C24H21N3O4S/c1-30-21-13-6-5-12-20(21)27-23(18-10-7-11-19(28)14-18)25-26-24(27)32-16-22(29)31-15-17-8-3-2-4-9-17/h2-14,28H,15-16H2,1H3. The smallest absolute Gasteiger partial charge is 0.316 e. The van der Waals surface area contributed by atoms with Gasteiger partial charge in [0.1, 0.15) is 18.1 Å². The van der Waals surface area contributed by atoms with Gasteiger partial charge in [0.2, 0.25) is 0 Å². The van der Waals surface area contributed by atoms with E-state index in [0.717, 1.165) is 11.3 Å². The zero-order valence-corrected chi connectivity index (χ0v) is 18.2. The van der Waals surface area contributed by atoms with Crippen LogP contribution in [0, 0.1) is 0 Å². The van der Waals surface area contributed by atoms with Crippen LogP contribution >= 0.6 is 11.8 Å². The summed E-state index contributed by atoms with van der Waals surface area (Å²) in [4.78, 5) is 12.3. The number of nitrogens with zero attached hydrogens (tertiary/aromatic N) is 3. The highest BCUT2D eigenvalue weighted by molar-refractivity contribution is 7.99. The monoisotopic (exact) mass is 447 g/mol. The molecule has 4 rings (SSSR count). The Morgan fingerprint density at radius 1 is 1.00 bits per heavy atom. The molecule has 3 aromatic carbocycles. The number of aromatic hydroxyl groups is 1. The van der Waals surface area contributed by atoms with Crippen molar-refractivity contribution in [3.63, 3.8) is 0 Å². The minimum absolute atomic E-state index is 0.0696. The van der Waals surface area contributed by atoms with E-state index in [-0.39, 0.29) is 24.1 Å². The maximum absolute atomic E-state index is 12.3. The number of benzene rings is 3. The second kappa shape index (κ2) is 10.0. The lowest BCUT2D eigenvalue weighted by molar-refractivity contribution is -0.141.